The van der Waals surface area contributed by atoms with Crippen molar-refractivity contribution in [3.63, 3.8) is 0 Å². The van der Waals surface area contributed by atoms with Gasteiger partial charge in [-0.05, 0) is 49.4 Å². The predicted octanol–water partition coefficient (Wildman–Crippen LogP) is 21.3. The standard InChI is InChI=1S/C74H144O17P2/c1-9-67(8)53-45-37-29-21-13-17-25-33-41-49-57-74(79)91-70(61-85-72(77)55-47-39-31-23-15-11-19-27-35-43-51-65(4)5)63-89-93(82,83)87-59-68(75)58-86-92(80,81)88-62-69(90-73(78)56-48-40-32-24-16-12-20-28-36-44-52-66(6)7)60-84-71(76)54-46-38-30-22-14-10-18-26-34-42-50-64(2)3/h64-70,75H,9-63H2,1-8H3,(H,80,81)(H,82,83)/t67?,68-,69+,70+/m0/s1. The van der Waals surface area contributed by atoms with Crippen LogP contribution in [0, 0.1) is 23.7 Å². The molecule has 0 radical (unpaired) electrons. The van der Waals surface area contributed by atoms with Crippen LogP contribution in [0.3, 0.4) is 0 Å². The minimum absolute atomic E-state index is 0.105. The Kier molecular flexibility index (Phi) is 62.2. The second-order valence-electron chi connectivity index (χ2n) is 28.4. The van der Waals surface area contributed by atoms with E-state index in [2.05, 4.69) is 55.4 Å². The zero-order valence-corrected chi connectivity index (χ0v) is 62.7. The molecule has 0 spiro atoms. The van der Waals surface area contributed by atoms with Crippen molar-refractivity contribution < 1.29 is 80.2 Å². The lowest BCUT2D eigenvalue weighted by Crippen LogP contribution is -2.30. The Bertz CT molecular complexity index is 1840. The molecule has 0 saturated heterocycles. The molecule has 0 aromatic carbocycles. The van der Waals surface area contributed by atoms with Crippen LogP contribution in [-0.4, -0.2) is 96.7 Å². The number of unbranched alkanes of at least 4 members (excludes halogenated alkanes) is 36. The molecule has 0 rings (SSSR count). The van der Waals surface area contributed by atoms with E-state index in [1.165, 1.54) is 173 Å². The molecular weight excluding hydrogens is 1220 g/mol. The summed E-state index contributed by atoms with van der Waals surface area (Å²) in [5.74, 6) is 0.949. The highest BCUT2D eigenvalue weighted by Gasteiger charge is 2.30. The molecule has 93 heavy (non-hydrogen) atoms. The van der Waals surface area contributed by atoms with Crippen molar-refractivity contribution in [1.82, 2.24) is 0 Å². The smallest absolute Gasteiger partial charge is 0.462 e. The van der Waals surface area contributed by atoms with Gasteiger partial charge in [0.25, 0.3) is 0 Å². The lowest BCUT2D eigenvalue weighted by atomic mass is 9.99. The Morgan fingerprint density at radius 2 is 0.516 bits per heavy atom. The number of rotatable bonds is 71. The maximum absolute atomic E-state index is 13.1. The van der Waals surface area contributed by atoms with Crippen molar-refractivity contribution in [3.05, 3.63) is 0 Å². The van der Waals surface area contributed by atoms with E-state index < -0.39 is 97.5 Å². The number of ether oxygens (including phenoxy) is 4. The maximum atomic E-state index is 13.1. The van der Waals surface area contributed by atoms with E-state index in [0.29, 0.717) is 25.7 Å². The summed E-state index contributed by atoms with van der Waals surface area (Å²) in [4.78, 5) is 72.8. The molecular formula is C74H144O17P2. The number of aliphatic hydroxyl groups is 1. The van der Waals surface area contributed by atoms with Gasteiger partial charge in [-0.1, -0.05) is 319 Å². The quantitative estimate of drug-likeness (QED) is 0.0222. The van der Waals surface area contributed by atoms with E-state index in [1.54, 1.807) is 0 Å². The average molecular weight is 1370 g/mol. The summed E-state index contributed by atoms with van der Waals surface area (Å²) in [6.07, 6.45) is 47.0. The molecule has 0 aromatic rings. The number of esters is 4. The molecule has 19 heteroatoms. The van der Waals surface area contributed by atoms with Crippen molar-refractivity contribution in [1.29, 1.82) is 0 Å². The van der Waals surface area contributed by atoms with Gasteiger partial charge in [-0.25, -0.2) is 9.13 Å². The van der Waals surface area contributed by atoms with Crippen LogP contribution in [0.2, 0.25) is 0 Å². The van der Waals surface area contributed by atoms with Gasteiger partial charge < -0.3 is 33.8 Å². The average Bonchev–Trinajstić information content (AvgIpc) is 2.33. The Hall–Kier alpha value is -1.94. The van der Waals surface area contributed by atoms with E-state index in [1.807, 2.05) is 0 Å². The van der Waals surface area contributed by atoms with Crippen LogP contribution in [-0.2, 0) is 65.4 Å². The highest BCUT2D eigenvalue weighted by Crippen LogP contribution is 2.45. The number of phosphoric ester groups is 2. The van der Waals surface area contributed by atoms with Gasteiger partial charge in [-0.15, -0.1) is 0 Å². The van der Waals surface area contributed by atoms with Gasteiger partial charge >= 0.3 is 39.5 Å². The molecule has 0 saturated carbocycles. The molecule has 552 valence electrons. The minimum atomic E-state index is -4.96. The molecule has 0 fully saturated rings. The molecule has 0 aliphatic carbocycles. The number of hydrogen-bond acceptors (Lipinski definition) is 15. The van der Waals surface area contributed by atoms with Gasteiger partial charge in [0.15, 0.2) is 12.2 Å². The van der Waals surface area contributed by atoms with Gasteiger partial charge in [0.2, 0.25) is 0 Å². The summed E-state index contributed by atoms with van der Waals surface area (Å²) < 4.78 is 68.5. The van der Waals surface area contributed by atoms with E-state index >= 15 is 0 Å². The predicted molar refractivity (Wildman–Crippen MR) is 377 cm³/mol. The zero-order valence-electron chi connectivity index (χ0n) is 60.9. The lowest BCUT2D eigenvalue weighted by Gasteiger charge is -2.21. The Balaban J connectivity index is 5.28. The first-order valence-corrected chi connectivity index (χ1v) is 41.2. The van der Waals surface area contributed by atoms with Gasteiger partial charge in [0.05, 0.1) is 26.4 Å². The third-order valence-corrected chi connectivity index (χ3v) is 19.3. The number of carbonyl (C=O) groups is 4. The fraction of sp³-hybridized carbons (Fsp3) is 0.946. The molecule has 0 aromatic heterocycles. The highest BCUT2D eigenvalue weighted by atomic mass is 31.2. The van der Waals surface area contributed by atoms with E-state index in [-0.39, 0.29) is 25.7 Å². The van der Waals surface area contributed by atoms with Crippen LogP contribution in [0.4, 0.5) is 0 Å². The summed E-state index contributed by atoms with van der Waals surface area (Å²) in [6, 6.07) is 0. The molecule has 3 N–H and O–H groups in total. The molecule has 0 heterocycles. The van der Waals surface area contributed by atoms with E-state index in [9.17, 15) is 43.2 Å². The van der Waals surface area contributed by atoms with Gasteiger partial charge in [0.1, 0.15) is 19.3 Å². The van der Waals surface area contributed by atoms with Gasteiger partial charge in [-0.2, -0.15) is 0 Å². The van der Waals surface area contributed by atoms with Crippen LogP contribution >= 0.6 is 15.6 Å². The number of aliphatic hydroxyl groups excluding tert-OH is 1. The highest BCUT2D eigenvalue weighted by molar-refractivity contribution is 7.47. The SMILES string of the molecule is CCC(C)CCCCCCCCCCCCC(=O)O[C@H](COC(=O)CCCCCCCCCCCCC(C)C)COP(=O)(O)OC[C@@H](O)COP(=O)(O)OC[C@@H](COC(=O)CCCCCCCCCCCCC(C)C)OC(=O)CCCCCCCCCCCCC(C)C. The largest absolute Gasteiger partial charge is 0.472 e. The molecule has 6 atom stereocenters. The zero-order chi connectivity index (χ0) is 68.9. The topological polar surface area (TPSA) is 237 Å². The molecule has 0 aliphatic rings. The first-order chi connectivity index (χ1) is 44.6. The first-order valence-electron chi connectivity index (χ1n) is 38.2. The van der Waals surface area contributed by atoms with Crippen molar-refractivity contribution >= 4 is 39.5 Å². The third kappa shape index (κ3) is 67.0. The van der Waals surface area contributed by atoms with Crippen molar-refractivity contribution in [2.24, 2.45) is 23.7 Å². The molecule has 0 aliphatic heterocycles. The third-order valence-electron chi connectivity index (χ3n) is 17.4. The van der Waals surface area contributed by atoms with Crippen molar-refractivity contribution in [2.45, 2.75) is 388 Å². The summed E-state index contributed by atoms with van der Waals surface area (Å²) in [5, 5.41) is 10.6. The van der Waals surface area contributed by atoms with Crippen LogP contribution < -0.4 is 0 Å². The Morgan fingerprint density at radius 1 is 0.301 bits per heavy atom. The minimum Gasteiger partial charge on any atom is -0.462 e. The van der Waals surface area contributed by atoms with Crippen LogP contribution in [0.1, 0.15) is 370 Å². The van der Waals surface area contributed by atoms with Gasteiger partial charge in [-0.3, -0.25) is 37.3 Å². The molecule has 0 bridgehead atoms. The van der Waals surface area contributed by atoms with Crippen LogP contribution in [0.5, 0.6) is 0 Å². The number of carbonyl (C=O) groups excluding carboxylic acids is 4. The fourth-order valence-electron chi connectivity index (χ4n) is 11.2. The Labute approximate surface area is 568 Å². The summed E-state index contributed by atoms with van der Waals surface area (Å²) in [7, 11) is -9.91. The number of phosphoric acid groups is 2. The van der Waals surface area contributed by atoms with Crippen LogP contribution in [0.25, 0.3) is 0 Å². The maximum Gasteiger partial charge on any atom is 0.472 e. The van der Waals surface area contributed by atoms with Crippen molar-refractivity contribution in [2.75, 3.05) is 39.6 Å². The number of hydrogen-bond donors (Lipinski definition) is 3. The summed E-state index contributed by atoms with van der Waals surface area (Å²) in [5.41, 5.74) is 0. The molecule has 3 unspecified atom stereocenters. The summed E-state index contributed by atoms with van der Waals surface area (Å²) in [6.45, 7) is 14.2. The second-order valence-corrected chi connectivity index (χ2v) is 31.3. The monoisotopic (exact) mass is 1370 g/mol. The van der Waals surface area contributed by atoms with Crippen molar-refractivity contribution in [3.8, 4) is 0 Å². The fourth-order valence-corrected chi connectivity index (χ4v) is 12.7. The second kappa shape index (κ2) is 63.5. The molecule has 17 nitrogen and oxygen atoms in total. The summed E-state index contributed by atoms with van der Waals surface area (Å²) >= 11 is 0. The lowest BCUT2D eigenvalue weighted by molar-refractivity contribution is -0.161. The molecule has 0 amide bonds. The first kappa shape index (κ1) is 91.1. The van der Waals surface area contributed by atoms with E-state index in [0.717, 1.165) is 114 Å². The Morgan fingerprint density at radius 3 is 0.763 bits per heavy atom. The van der Waals surface area contributed by atoms with Gasteiger partial charge in [0, 0.05) is 25.7 Å². The van der Waals surface area contributed by atoms with E-state index in [4.69, 9.17) is 37.0 Å². The van der Waals surface area contributed by atoms with Crippen LogP contribution in [0.15, 0.2) is 0 Å². The normalized spacial score (nSPS) is 14.5.